The van der Waals surface area contributed by atoms with E-state index in [4.69, 9.17) is 0 Å². The van der Waals surface area contributed by atoms with Crippen LogP contribution >= 0.6 is 0 Å². The molecule has 0 radical (unpaired) electrons. The van der Waals surface area contributed by atoms with E-state index in [1.54, 1.807) is 0 Å². The molecule has 1 aliphatic heterocycles. The quantitative estimate of drug-likeness (QED) is 0.404. The van der Waals surface area contributed by atoms with Crippen LogP contribution in [0.25, 0.3) is 0 Å². The van der Waals surface area contributed by atoms with Crippen LogP contribution in [0.5, 0.6) is 0 Å². The molecule has 0 atom stereocenters. The summed E-state index contributed by atoms with van der Waals surface area (Å²) in [5.41, 5.74) is 0.779. The molecule has 1 saturated carbocycles. The van der Waals surface area contributed by atoms with Crippen LogP contribution in [-0.2, 0) is 0 Å². The summed E-state index contributed by atoms with van der Waals surface area (Å²) >= 11 is 0.361. The summed E-state index contributed by atoms with van der Waals surface area (Å²) in [6, 6.07) is 0. The van der Waals surface area contributed by atoms with Crippen molar-refractivity contribution in [3.05, 3.63) is 0 Å². The Balaban J connectivity index is 1.84. The van der Waals surface area contributed by atoms with Gasteiger partial charge in [-0.05, 0) is 0 Å². The third-order valence-corrected chi connectivity index (χ3v) is 7.37. The zero-order valence-electron chi connectivity index (χ0n) is 11.1. The van der Waals surface area contributed by atoms with Crippen LogP contribution in [-0.4, -0.2) is 21.1 Å². The van der Waals surface area contributed by atoms with Crippen LogP contribution in [0.4, 0.5) is 0 Å². The summed E-state index contributed by atoms with van der Waals surface area (Å²) in [5.74, 6) is 1.95. The molecule has 0 bridgehead atoms. The van der Waals surface area contributed by atoms with Crippen molar-refractivity contribution in [2.45, 2.75) is 52.4 Å². The Labute approximate surface area is 112 Å². The second-order valence-electron chi connectivity index (χ2n) is 6.16. The topological polar surface area (TPSA) is 3.24 Å². The average molecular weight is 336 g/mol. The van der Waals surface area contributed by atoms with Gasteiger partial charge in [-0.3, -0.25) is 0 Å². The molecule has 1 spiro atoms. The van der Waals surface area contributed by atoms with Crippen molar-refractivity contribution in [2.75, 3.05) is 18.0 Å². The zero-order valence-corrected chi connectivity index (χ0v) is 13.3. The first-order valence-corrected chi connectivity index (χ1v) is 10.0. The van der Waals surface area contributed by atoms with E-state index in [1.165, 1.54) is 51.6 Å². The molecular formula is C14H27IN-. The number of alkyl halides is 1. The Morgan fingerprint density at radius 1 is 1.06 bits per heavy atom. The SMILES string of the molecule is C[I-]N1CCC2(CCC(C(C)C)CC2)CC1. The number of piperidine rings is 1. The van der Waals surface area contributed by atoms with Crippen molar-refractivity contribution in [3.8, 4) is 0 Å². The summed E-state index contributed by atoms with van der Waals surface area (Å²) in [6.45, 7) is 7.64. The molecule has 0 amide bonds. The summed E-state index contributed by atoms with van der Waals surface area (Å²) in [5, 5.41) is 0. The molecule has 0 aromatic carbocycles. The molecule has 0 unspecified atom stereocenters. The van der Waals surface area contributed by atoms with Crippen molar-refractivity contribution >= 4 is 0 Å². The van der Waals surface area contributed by atoms with Gasteiger partial charge in [0.05, 0.1) is 0 Å². The Bertz CT molecular complexity index is 209. The monoisotopic (exact) mass is 336 g/mol. The van der Waals surface area contributed by atoms with E-state index in [2.05, 4.69) is 21.9 Å². The molecule has 2 rings (SSSR count). The van der Waals surface area contributed by atoms with Gasteiger partial charge in [-0.15, -0.1) is 0 Å². The van der Waals surface area contributed by atoms with Gasteiger partial charge < -0.3 is 0 Å². The molecule has 2 fully saturated rings. The Hall–Kier alpha value is 0.690. The standard InChI is InChI=1S/C14H27IN/c1-12(2)13-4-6-14(7-5-13)8-10-16(15-3)11-9-14/h12-13H,4-11H2,1-3H3/q-1. The van der Waals surface area contributed by atoms with Crippen LogP contribution < -0.4 is 21.5 Å². The van der Waals surface area contributed by atoms with E-state index in [-0.39, 0.29) is 0 Å². The van der Waals surface area contributed by atoms with E-state index >= 15 is 0 Å². The molecule has 96 valence electrons. The molecule has 1 heterocycles. The van der Waals surface area contributed by atoms with Crippen molar-refractivity contribution in [2.24, 2.45) is 17.3 Å². The van der Waals surface area contributed by atoms with Crippen molar-refractivity contribution in [1.29, 1.82) is 0 Å². The number of nitrogens with zero attached hydrogens (tertiary/aromatic N) is 1. The van der Waals surface area contributed by atoms with Crippen molar-refractivity contribution in [1.82, 2.24) is 3.11 Å². The summed E-state index contributed by atoms with van der Waals surface area (Å²) < 4.78 is 2.73. The fourth-order valence-electron chi connectivity index (χ4n) is 3.54. The number of hydrogen-bond donors (Lipinski definition) is 0. The van der Waals surface area contributed by atoms with Gasteiger partial charge in [0.15, 0.2) is 0 Å². The van der Waals surface area contributed by atoms with Crippen LogP contribution in [0.15, 0.2) is 0 Å². The Morgan fingerprint density at radius 3 is 2.06 bits per heavy atom. The van der Waals surface area contributed by atoms with Crippen molar-refractivity contribution in [3.63, 3.8) is 0 Å². The van der Waals surface area contributed by atoms with Crippen LogP contribution in [0, 0.1) is 17.3 Å². The molecule has 0 aromatic rings. The van der Waals surface area contributed by atoms with E-state index in [0.29, 0.717) is 21.5 Å². The molecular weight excluding hydrogens is 309 g/mol. The second-order valence-corrected chi connectivity index (χ2v) is 8.49. The first kappa shape index (κ1) is 13.1. The predicted octanol–water partition coefficient (Wildman–Crippen LogP) is 0.549. The van der Waals surface area contributed by atoms with Gasteiger partial charge in [-0.25, -0.2) is 0 Å². The van der Waals surface area contributed by atoms with E-state index in [0.717, 1.165) is 17.3 Å². The summed E-state index contributed by atoms with van der Waals surface area (Å²) in [4.78, 5) is 2.41. The first-order valence-electron chi connectivity index (χ1n) is 6.90. The summed E-state index contributed by atoms with van der Waals surface area (Å²) in [6.07, 6.45) is 9.10. The average Bonchev–Trinajstić information content (AvgIpc) is 2.31. The van der Waals surface area contributed by atoms with Crippen LogP contribution in [0.3, 0.4) is 0 Å². The molecule has 0 N–H and O–H groups in total. The number of halogens is 1. The van der Waals surface area contributed by atoms with Gasteiger partial charge in [0.2, 0.25) is 0 Å². The van der Waals surface area contributed by atoms with Gasteiger partial charge in [0, 0.05) is 0 Å². The molecule has 2 heteroatoms. The van der Waals surface area contributed by atoms with Gasteiger partial charge in [0.25, 0.3) is 0 Å². The molecule has 16 heavy (non-hydrogen) atoms. The number of rotatable bonds is 2. The molecule has 1 saturated heterocycles. The van der Waals surface area contributed by atoms with Gasteiger partial charge in [0.1, 0.15) is 0 Å². The molecule has 1 nitrogen and oxygen atoms in total. The molecule has 1 aliphatic carbocycles. The van der Waals surface area contributed by atoms with Gasteiger partial charge in [-0.1, -0.05) is 0 Å². The molecule has 0 aromatic heterocycles. The van der Waals surface area contributed by atoms with Crippen molar-refractivity contribution < 1.29 is 21.5 Å². The fraction of sp³-hybridized carbons (Fsp3) is 1.00. The van der Waals surface area contributed by atoms with Crippen LogP contribution in [0.1, 0.15) is 52.4 Å². The minimum atomic E-state index is 0.361. The fourth-order valence-corrected chi connectivity index (χ4v) is 4.99. The third kappa shape index (κ3) is 2.92. The van der Waals surface area contributed by atoms with Crippen LogP contribution in [0.2, 0.25) is 0 Å². The Morgan fingerprint density at radius 2 is 1.62 bits per heavy atom. The maximum absolute atomic E-state index is 2.73. The van der Waals surface area contributed by atoms with E-state index in [9.17, 15) is 0 Å². The second kappa shape index (κ2) is 5.55. The Kier molecular flexibility index (Phi) is 4.56. The number of hydrogen-bond acceptors (Lipinski definition) is 1. The van der Waals surface area contributed by atoms with E-state index < -0.39 is 0 Å². The first-order chi connectivity index (χ1) is 7.65. The predicted molar refractivity (Wildman–Crippen MR) is 66.0 cm³/mol. The maximum atomic E-state index is 2.73. The van der Waals surface area contributed by atoms with Gasteiger partial charge >= 0.3 is 112 Å². The molecule has 2 aliphatic rings. The zero-order chi connectivity index (χ0) is 11.6. The summed E-state index contributed by atoms with van der Waals surface area (Å²) in [7, 11) is 0. The third-order valence-electron chi connectivity index (χ3n) is 5.04. The normalized spacial score (nSPS) is 28.0. The van der Waals surface area contributed by atoms with E-state index in [1.807, 2.05) is 0 Å². The van der Waals surface area contributed by atoms with Gasteiger partial charge in [-0.2, -0.15) is 0 Å². The minimum absolute atomic E-state index is 0.361.